The molecule has 24 heavy (non-hydrogen) atoms. The molecule has 3 rings (SSSR count). The van der Waals surface area contributed by atoms with Crippen LogP contribution in [-0.4, -0.2) is 21.8 Å². The first-order chi connectivity index (χ1) is 11.2. The number of hydrogen-bond acceptors (Lipinski definition) is 3. The second kappa shape index (κ2) is 8.27. The number of benzene rings is 1. The number of nitrogens with zero attached hydrogens (tertiary/aromatic N) is 2. The van der Waals surface area contributed by atoms with Crippen molar-refractivity contribution in [3.63, 3.8) is 0 Å². The van der Waals surface area contributed by atoms with Crippen molar-refractivity contribution in [1.29, 1.82) is 0 Å². The van der Waals surface area contributed by atoms with Crippen LogP contribution in [0.4, 0.5) is 0 Å². The van der Waals surface area contributed by atoms with Crippen LogP contribution in [0.15, 0.2) is 48.7 Å². The van der Waals surface area contributed by atoms with Gasteiger partial charge in [0.15, 0.2) is 0 Å². The Bertz CT molecular complexity index is 673. The van der Waals surface area contributed by atoms with E-state index in [1.165, 1.54) is 12.8 Å². The van der Waals surface area contributed by atoms with E-state index in [0.717, 1.165) is 11.3 Å². The molecule has 0 aliphatic heterocycles. The molecule has 1 aliphatic carbocycles. The molecule has 128 valence electrons. The Balaban J connectivity index is 0.00000208. The van der Waals surface area contributed by atoms with Crippen LogP contribution in [0.25, 0.3) is 0 Å². The molecule has 1 heterocycles. The van der Waals surface area contributed by atoms with Gasteiger partial charge in [0.2, 0.25) is 0 Å². The monoisotopic (exact) mass is 345 g/mol. The standard InChI is InChI=1S/C19H23N3O.ClH/c1-14(16-7-8-16)22(13-15-5-3-2-4-6-15)19(23)17-9-10-21-18(11-17)12-20;/h2-6,9-11,14,16H,7-8,12-13,20H2,1H3;1H. The van der Waals surface area contributed by atoms with E-state index in [2.05, 4.69) is 24.0 Å². The van der Waals surface area contributed by atoms with Crippen LogP contribution < -0.4 is 5.73 Å². The first kappa shape index (κ1) is 18.4. The molecule has 1 atom stereocenters. The number of hydrogen-bond donors (Lipinski definition) is 1. The Labute approximate surface area is 149 Å². The molecule has 4 nitrogen and oxygen atoms in total. The maximum absolute atomic E-state index is 13.0. The summed E-state index contributed by atoms with van der Waals surface area (Å²) >= 11 is 0. The van der Waals surface area contributed by atoms with Gasteiger partial charge in [-0.15, -0.1) is 12.4 Å². The Morgan fingerprint density at radius 2 is 2.00 bits per heavy atom. The van der Waals surface area contributed by atoms with Crippen molar-refractivity contribution in [1.82, 2.24) is 9.88 Å². The topological polar surface area (TPSA) is 59.2 Å². The minimum absolute atomic E-state index is 0. The van der Waals surface area contributed by atoms with Gasteiger partial charge in [0.1, 0.15) is 0 Å². The van der Waals surface area contributed by atoms with E-state index < -0.39 is 0 Å². The summed E-state index contributed by atoms with van der Waals surface area (Å²) in [6, 6.07) is 14.0. The Hall–Kier alpha value is -1.91. The molecule has 0 spiro atoms. The summed E-state index contributed by atoms with van der Waals surface area (Å²) in [5.74, 6) is 0.684. The molecular formula is C19H24ClN3O. The zero-order valence-corrected chi connectivity index (χ0v) is 14.7. The maximum Gasteiger partial charge on any atom is 0.254 e. The number of halogens is 1. The quantitative estimate of drug-likeness (QED) is 0.872. The fourth-order valence-electron chi connectivity index (χ4n) is 2.90. The summed E-state index contributed by atoms with van der Waals surface area (Å²) in [7, 11) is 0. The predicted molar refractivity (Wildman–Crippen MR) is 97.9 cm³/mol. The van der Waals surface area contributed by atoms with Crippen LogP contribution in [0.5, 0.6) is 0 Å². The fraction of sp³-hybridized carbons (Fsp3) is 0.368. The van der Waals surface area contributed by atoms with Crippen LogP contribution in [0.1, 0.15) is 41.4 Å². The van der Waals surface area contributed by atoms with Crippen LogP contribution >= 0.6 is 12.4 Å². The van der Waals surface area contributed by atoms with E-state index >= 15 is 0 Å². The lowest BCUT2D eigenvalue weighted by atomic mass is 10.1. The van der Waals surface area contributed by atoms with Crippen LogP contribution in [0.3, 0.4) is 0 Å². The number of amides is 1. The number of aromatic nitrogens is 1. The van der Waals surface area contributed by atoms with E-state index in [0.29, 0.717) is 24.6 Å². The highest BCUT2D eigenvalue weighted by molar-refractivity contribution is 5.94. The lowest BCUT2D eigenvalue weighted by molar-refractivity contribution is 0.0654. The summed E-state index contributed by atoms with van der Waals surface area (Å²) in [4.78, 5) is 19.2. The van der Waals surface area contributed by atoms with Crippen LogP contribution in [0, 0.1) is 5.92 Å². The molecule has 1 aliphatic rings. The van der Waals surface area contributed by atoms with E-state index in [-0.39, 0.29) is 24.4 Å². The third kappa shape index (κ3) is 4.34. The smallest absolute Gasteiger partial charge is 0.254 e. The summed E-state index contributed by atoms with van der Waals surface area (Å²) in [6.07, 6.45) is 4.09. The van der Waals surface area contributed by atoms with Crippen molar-refractivity contribution < 1.29 is 4.79 Å². The van der Waals surface area contributed by atoms with Gasteiger partial charge in [-0.2, -0.15) is 0 Å². The van der Waals surface area contributed by atoms with Gasteiger partial charge in [0, 0.05) is 30.9 Å². The van der Waals surface area contributed by atoms with Gasteiger partial charge in [-0.25, -0.2) is 0 Å². The minimum Gasteiger partial charge on any atom is -0.331 e. The van der Waals surface area contributed by atoms with Crippen molar-refractivity contribution in [3.05, 3.63) is 65.5 Å². The Morgan fingerprint density at radius 3 is 2.62 bits per heavy atom. The van der Waals surface area contributed by atoms with Gasteiger partial charge >= 0.3 is 0 Å². The number of rotatable bonds is 6. The van der Waals surface area contributed by atoms with Gasteiger partial charge in [-0.05, 0) is 43.4 Å². The predicted octanol–water partition coefficient (Wildman–Crippen LogP) is 3.40. The third-order valence-electron chi connectivity index (χ3n) is 4.53. The number of carbonyl (C=O) groups excluding carboxylic acids is 1. The molecule has 1 fully saturated rings. The minimum atomic E-state index is 0. The molecule has 1 amide bonds. The molecule has 0 saturated heterocycles. The van der Waals surface area contributed by atoms with Crippen molar-refractivity contribution in [2.75, 3.05) is 0 Å². The normalized spacial score (nSPS) is 14.6. The van der Waals surface area contributed by atoms with E-state index in [1.54, 1.807) is 18.3 Å². The van der Waals surface area contributed by atoms with Crippen LogP contribution in [-0.2, 0) is 13.1 Å². The first-order valence-electron chi connectivity index (χ1n) is 8.19. The molecule has 1 aromatic carbocycles. The highest BCUT2D eigenvalue weighted by Gasteiger charge is 2.34. The molecule has 1 unspecified atom stereocenters. The lowest BCUT2D eigenvalue weighted by Crippen LogP contribution is -2.39. The Kier molecular flexibility index (Phi) is 6.35. The number of nitrogens with two attached hydrogens (primary N) is 1. The highest BCUT2D eigenvalue weighted by Crippen LogP contribution is 2.36. The highest BCUT2D eigenvalue weighted by atomic mass is 35.5. The average molecular weight is 346 g/mol. The van der Waals surface area contributed by atoms with Crippen molar-refractivity contribution in [3.8, 4) is 0 Å². The maximum atomic E-state index is 13.0. The molecule has 2 aromatic rings. The van der Waals surface area contributed by atoms with Gasteiger partial charge in [-0.1, -0.05) is 30.3 Å². The third-order valence-corrected chi connectivity index (χ3v) is 4.53. The molecule has 0 bridgehead atoms. The van der Waals surface area contributed by atoms with Crippen molar-refractivity contribution >= 4 is 18.3 Å². The fourth-order valence-corrected chi connectivity index (χ4v) is 2.90. The van der Waals surface area contributed by atoms with Gasteiger partial charge < -0.3 is 10.6 Å². The second-order valence-corrected chi connectivity index (χ2v) is 6.24. The van der Waals surface area contributed by atoms with E-state index in [9.17, 15) is 4.79 Å². The molecule has 0 radical (unpaired) electrons. The Morgan fingerprint density at radius 1 is 1.29 bits per heavy atom. The van der Waals surface area contributed by atoms with Gasteiger partial charge in [-0.3, -0.25) is 9.78 Å². The first-order valence-corrected chi connectivity index (χ1v) is 8.19. The molecule has 5 heteroatoms. The largest absolute Gasteiger partial charge is 0.331 e. The van der Waals surface area contributed by atoms with E-state index in [1.807, 2.05) is 23.1 Å². The number of carbonyl (C=O) groups is 1. The van der Waals surface area contributed by atoms with Crippen molar-refractivity contribution in [2.24, 2.45) is 11.7 Å². The van der Waals surface area contributed by atoms with E-state index in [4.69, 9.17) is 5.73 Å². The van der Waals surface area contributed by atoms with Gasteiger partial charge in [0.25, 0.3) is 5.91 Å². The van der Waals surface area contributed by atoms with Gasteiger partial charge in [0.05, 0.1) is 5.69 Å². The lowest BCUT2D eigenvalue weighted by Gasteiger charge is -2.30. The molecule has 2 N–H and O–H groups in total. The second-order valence-electron chi connectivity index (χ2n) is 6.24. The summed E-state index contributed by atoms with van der Waals surface area (Å²) in [6.45, 7) is 3.14. The summed E-state index contributed by atoms with van der Waals surface area (Å²) in [5, 5.41) is 0. The zero-order valence-electron chi connectivity index (χ0n) is 13.9. The molecule has 1 saturated carbocycles. The summed E-state index contributed by atoms with van der Waals surface area (Å²) < 4.78 is 0. The summed E-state index contributed by atoms with van der Waals surface area (Å²) in [5.41, 5.74) is 8.22. The SMILES string of the molecule is CC(C1CC1)N(Cc1ccccc1)C(=O)c1ccnc(CN)c1.Cl. The number of pyridine rings is 1. The van der Waals surface area contributed by atoms with Crippen molar-refractivity contribution in [2.45, 2.75) is 38.9 Å². The molecular weight excluding hydrogens is 322 g/mol. The zero-order chi connectivity index (χ0) is 16.2. The molecule has 1 aromatic heterocycles. The average Bonchev–Trinajstić information content (AvgIpc) is 3.44. The van der Waals surface area contributed by atoms with Crippen LogP contribution in [0.2, 0.25) is 0 Å².